The number of hydrogen-bond donors (Lipinski definition) is 2. The first-order chi connectivity index (χ1) is 11.3. The number of likely N-dealkylation sites (tertiary alicyclic amines) is 1. The third kappa shape index (κ3) is 4.82. The lowest BCUT2D eigenvalue weighted by Gasteiger charge is -2.16. The normalized spacial score (nSPS) is 18.0. The van der Waals surface area contributed by atoms with Crippen molar-refractivity contribution in [2.75, 3.05) is 31.5 Å². The van der Waals surface area contributed by atoms with Crippen LogP contribution >= 0.6 is 0 Å². The van der Waals surface area contributed by atoms with E-state index in [1.54, 1.807) is 12.5 Å². The van der Waals surface area contributed by atoms with Gasteiger partial charge in [-0.2, -0.15) is 0 Å². The van der Waals surface area contributed by atoms with E-state index >= 15 is 0 Å². The molecule has 3 heterocycles. The van der Waals surface area contributed by atoms with Crippen LogP contribution < -0.4 is 10.6 Å². The average molecular weight is 314 g/mol. The lowest BCUT2D eigenvalue weighted by molar-refractivity contribution is -0.122. The molecule has 2 N–H and O–H groups in total. The van der Waals surface area contributed by atoms with Gasteiger partial charge in [-0.05, 0) is 43.1 Å². The van der Waals surface area contributed by atoms with E-state index in [-0.39, 0.29) is 5.91 Å². The first kappa shape index (κ1) is 15.6. The smallest absolute Gasteiger partial charge is 0.234 e. The Bertz CT molecular complexity index is 600. The molecule has 0 aromatic carbocycles. The van der Waals surface area contributed by atoms with Crippen LogP contribution in [-0.2, 0) is 11.3 Å². The first-order valence-electron chi connectivity index (χ1n) is 7.96. The average Bonchev–Trinajstić information content (AvgIpc) is 3.24. The third-order valence-electron chi connectivity index (χ3n) is 4.01. The van der Waals surface area contributed by atoms with E-state index in [0.29, 0.717) is 19.0 Å². The summed E-state index contributed by atoms with van der Waals surface area (Å²) in [4.78, 5) is 18.4. The highest BCUT2D eigenvalue weighted by molar-refractivity contribution is 5.77. The SMILES string of the molecule is O=C(CN1CC[C@H](CNc2ccccn2)C1)NCc1ccco1. The van der Waals surface area contributed by atoms with E-state index in [9.17, 15) is 4.79 Å². The summed E-state index contributed by atoms with van der Waals surface area (Å²) >= 11 is 0. The van der Waals surface area contributed by atoms with E-state index in [0.717, 1.165) is 37.6 Å². The van der Waals surface area contributed by atoms with Crippen molar-refractivity contribution in [2.24, 2.45) is 5.92 Å². The Morgan fingerprint density at radius 3 is 3.09 bits per heavy atom. The molecule has 23 heavy (non-hydrogen) atoms. The minimum Gasteiger partial charge on any atom is -0.467 e. The van der Waals surface area contributed by atoms with Crippen LogP contribution in [0.3, 0.4) is 0 Å². The van der Waals surface area contributed by atoms with Gasteiger partial charge in [0.1, 0.15) is 11.6 Å². The van der Waals surface area contributed by atoms with Crippen LogP contribution in [0.1, 0.15) is 12.2 Å². The van der Waals surface area contributed by atoms with Crippen LogP contribution in [0.15, 0.2) is 47.2 Å². The second kappa shape index (κ2) is 7.78. The van der Waals surface area contributed by atoms with Crippen LogP contribution in [0.25, 0.3) is 0 Å². The van der Waals surface area contributed by atoms with Crippen LogP contribution in [0.4, 0.5) is 5.82 Å². The van der Waals surface area contributed by atoms with Crippen molar-refractivity contribution in [3.63, 3.8) is 0 Å². The molecule has 1 atom stereocenters. The van der Waals surface area contributed by atoms with Crippen LogP contribution in [-0.4, -0.2) is 42.0 Å². The Balaban J connectivity index is 1.35. The molecule has 0 saturated carbocycles. The van der Waals surface area contributed by atoms with Crippen molar-refractivity contribution in [3.05, 3.63) is 48.6 Å². The second-order valence-electron chi connectivity index (χ2n) is 5.84. The summed E-state index contributed by atoms with van der Waals surface area (Å²) in [5, 5.41) is 6.24. The zero-order valence-electron chi connectivity index (χ0n) is 13.1. The topological polar surface area (TPSA) is 70.4 Å². The minimum absolute atomic E-state index is 0.0414. The van der Waals surface area contributed by atoms with E-state index in [4.69, 9.17) is 4.42 Å². The molecule has 6 heteroatoms. The molecule has 0 radical (unpaired) electrons. The summed E-state index contributed by atoms with van der Waals surface area (Å²) in [5.41, 5.74) is 0. The highest BCUT2D eigenvalue weighted by atomic mass is 16.3. The van der Waals surface area contributed by atoms with Gasteiger partial charge in [-0.15, -0.1) is 0 Å². The van der Waals surface area contributed by atoms with Gasteiger partial charge in [0.05, 0.1) is 19.4 Å². The number of carbonyl (C=O) groups is 1. The molecular weight excluding hydrogens is 292 g/mol. The molecular formula is C17H22N4O2. The van der Waals surface area contributed by atoms with Crippen LogP contribution in [0.2, 0.25) is 0 Å². The number of aromatic nitrogens is 1. The van der Waals surface area contributed by atoms with Gasteiger partial charge < -0.3 is 15.1 Å². The number of furan rings is 1. The number of nitrogens with one attached hydrogen (secondary N) is 2. The summed E-state index contributed by atoms with van der Waals surface area (Å²) in [7, 11) is 0. The molecule has 1 aliphatic heterocycles. The number of anilines is 1. The summed E-state index contributed by atoms with van der Waals surface area (Å²) < 4.78 is 5.20. The van der Waals surface area contributed by atoms with Crippen molar-refractivity contribution in [3.8, 4) is 0 Å². The Morgan fingerprint density at radius 1 is 1.35 bits per heavy atom. The Kier molecular flexibility index (Phi) is 5.26. The minimum atomic E-state index is 0.0414. The molecule has 3 rings (SSSR count). The fourth-order valence-corrected chi connectivity index (χ4v) is 2.80. The van der Waals surface area contributed by atoms with Crippen molar-refractivity contribution in [2.45, 2.75) is 13.0 Å². The first-order valence-corrected chi connectivity index (χ1v) is 7.96. The number of hydrogen-bond acceptors (Lipinski definition) is 5. The van der Waals surface area contributed by atoms with E-state index < -0.39 is 0 Å². The van der Waals surface area contributed by atoms with Gasteiger partial charge in [0.2, 0.25) is 5.91 Å². The molecule has 2 aromatic rings. The number of pyridine rings is 1. The van der Waals surface area contributed by atoms with E-state index in [2.05, 4.69) is 20.5 Å². The zero-order valence-corrected chi connectivity index (χ0v) is 13.1. The Hall–Kier alpha value is -2.34. The van der Waals surface area contributed by atoms with Crippen molar-refractivity contribution < 1.29 is 9.21 Å². The summed E-state index contributed by atoms with van der Waals surface area (Å²) in [5.74, 6) is 2.27. The number of nitrogens with zero attached hydrogens (tertiary/aromatic N) is 2. The fourth-order valence-electron chi connectivity index (χ4n) is 2.80. The molecule has 0 unspecified atom stereocenters. The standard InChI is InChI=1S/C17H22N4O2/c22-17(20-11-15-4-3-9-23-15)13-21-8-6-14(12-21)10-19-16-5-1-2-7-18-16/h1-5,7,9,14H,6,8,10-13H2,(H,18,19)(H,20,22)/t14-/m1/s1. The van der Waals surface area contributed by atoms with Crippen LogP contribution in [0.5, 0.6) is 0 Å². The Labute approximate surface area is 135 Å². The number of amides is 1. The molecule has 122 valence electrons. The maximum Gasteiger partial charge on any atom is 0.234 e. The third-order valence-corrected chi connectivity index (χ3v) is 4.01. The van der Waals surface area contributed by atoms with Gasteiger partial charge in [-0.1, -0.05) is 6.07 Å². The maximum absolute atomic E-state index is 12.0. The van der Waals surface area contributed by atoms with Crippen molar-refractivity contribution in [1.29, 1.82) is 0 Å². The molecule has 0 aliphatic carbocycles. The molecule has 1 fully saturated rings. The van der Waals surface area contributed by atoms with Gasteiger partial charge in [0.15, 0.2) is 0 Å². The van der Waals surface area contributed by atoms with Crippen molar-refractivity contribution >= 4 is 11.7 Å². The summed E-state index contributed by atoms with van der Waals surface area (Å²) in [6.07, 6.45) is 4.50. The van der Waals surface area contributed by atoms with Gasteiger partial charge in [0.25, 0.3) is 0 Å². The maximum atomic E-state index is 12.0. The fraction of sp³-hybridized carbons (Fsp3) is 0.412. The molecule has 1 aliphatic rings. The molecule has 1 saturated heterocycles. The predicted octanol–water partition coefficient (Wildman–Crippen LogP) is 1.72. The van der Waals surface area contributed by atoms with E-state index in [1.165, 1.54) is 0 Å². The van der Waals surface area contributed by atoms with Gasteiger partial charge in [-0.25, -0.2) is 4.98 Å². The molecule has 1 amide bonds. The molecule has 0 bridgehead atoms. The molecule has 0 spiro atoms. The number of carbonyl (C=O) groups excluding carboxylic acids is 1. The highest BCUT2D eigenvalue weighted by Crippen LogP contribution is 2.16. The predicted molar refractivity (Wildman–Crippen MR) is 87.8 cm³/mol. The zero-order chi connectivity index (χ0) is 15.9. The van der Waals surface area contributed by atoms with Gasteiger partial charge >= 0.3 is 0 Å². The highest BCUT2D eigenvalue weighted by Gasteiger charge is 2.23. The van der Waals surface area contributed by atoms with E-state index in [1.807, 2.05) is 30.3 Å². The largest absolute Gasteiger partial charge is 0.467 e. The van der Waals surface area contributed by atoms with Crippen LogP contribution in [0, 0.1) is 5.92 Å². The quantitative estimate of drug-likeness (QED) is 0.814. The van der Waals surface area contributed by atoms with Gasteiger partial charge in [0, 0.05) is 19.3 Å². The lowest BCUT2D eigenvalue weighted by atomic mass is 10.1. The van der Waals surface area contributed by atoms with Crippen molar-refractivity contribution in [1.82, 2.24) is 15.2 Å². The molecule has 2 aromatic heterocycles. The Morgan fingerprint density at radius 2 is 2.30 bits per heavy atom. The lowest BCUT2D eigenvalue weighted by Crippen LogP contribution is -2.36. The number of rotatable bonds is 7. The summed E-state index contributed by atoms with van der Waals surface area (Å²) in [6.45, 7) is 3.68. The van der Waals surface area contributed by atoms with Gasteiger partial charge in [-0.3, -0.25) is 9.69 Å². The monoisotopic (exact) mass is 314 g/mol. The molecule has 6 nitrogen and oxygen atoms in total. The summed E-state index contributed by atoms with van der Waals surface area (Å²) in [6, 6.07) is 9.52. The second-order valence-corrected chi connectivity index (χ2v) is 5.84.